The highest BCUT2D eigenvalue weighted by Crippen LogP contribution is 2.29. The van der Waals surface area contributed by atoms with E-state index in [2.05, 4.69) is 36.4 Å². The van der Waals surface area contributed by atoms with Crippen molar-refractivity contribution in [2.24, 2.45) is 7.05 Å². The molecule has 1 aliphatic heterocycles. The highest BCUT2D eigenvalue weighted by Gasteiger charge is 2.38. The zero-order chi connectivity index (χ0) is 15.0. The molecule has 21 heavy (non-hydrogen) atoms. The van der Waals surface area contributed by atoms with Crippen LogP contribution >= 0.6 is 15.9 Å². The highest BCUT2D eigenvalue weighted by molar-refractivity contribution is 9.10. The average molecular weight is 355 g/mol. The molecule has 2 atom stereocenters. The summed E-state index contributed by atoms with van der Waals surface area (Å²) >= 11 is 3.28. The number of likely N-dealkylation sites (tertiary alicyclic amines) is 1. The zero-order valence-corrected chi connectivity index (χ0v) is 13.2. The molecule has 0 aromatic carbocycles. The van der Waals surface area contributed by atoms with Crippen LogP contribution < -0.4 is 0 Å². The number of nitrogens with zero attached hydrogens (tertiary/aromatic N) is 5. The van der Waals surface area contributed by atoms with Gasteiger partial charge in [0.05, 0.1) is 23.9 Å². The van der Waals surface area contributed by atoms with Gasteiger partial charge in [0.2, 0.25) is 0 Å². The molecule has 8 nitrogen and oxygen atoms in total. The Hall–Kier alpha value is -1.74. The van der Waals surface area contributed by atoms with Crippen molar-refractivity contribution in [1.29, 1.82) is 0 Å². The van der Waals surface area contributed by atoms with Crippen molar-refractivity contribution in [3.05, 3.63) is 28.3 Å². The van der Waals surface area contributed by atoms with Crippen molar-refractivity contribution < 1.29 is 9.53 Å². The van der Waals surface area contributed by atoms with Crippen LogP contribution in [0.25, 0.3) is 0 Å². The van der Waals surface area contributed by atoms with Crippen LogP contribution in [0.4, 0.5) is 0 Å². The van der Waals surface area contributed by atoms with Crippen LogP contribution in [0.5, 0.6) is 0 Å². The van der Waals surface area contributed by atoms with Gasteiger partial charge in [-0.15, -0.1) is 0 Å². The van der Waals surface area contributed by atoms with E-state index in [9.17, 15) is 4.79 Å². The summed E-state index contributed by atoms with van der Waals surface area (Å²) in [5, 5.41) is 14.7. The van der Waals surface area contributed by atoms with Gasteiger partial charge < -0.3 is 9.64 Å². The summed E-state index contributed by atoms with van der Waals surface area (Å²) in [5.74, 6) is -0.0434. The van der Waals surface area contributed by atoms with Crippen LogP contribution in [-0.2, 0) is 11.8 Å². The Bertz CT molecular complexity index is 640. The van der Waals surface area contributed by atoms with Gasteiger partial charge in [-0.3, -0.25) is 9.48 Å². The molecule has 0 aliphatic carbocycles. The van der Waals surface area contributed by atoms with Crippen LogP contribution in [0.3, 0.4) is 0 Å². The summed E-state index contributed by atoms with van der Waals surface area (Å²) in [4.78, 5) is 14.4. The molecule has 0 radical (unpaired) electrons. The number of methoxy groups -OCH3 is 1. The van der Waals surface area contributed by atoms with E-state index in [1.807, 2.05) is 0 Å². The lowest BCUT2D eigenvalue weighted by Crippen LogP contribution is -2.31. The first kappa shape index (κ1) is 14.2. The van der Waals surface area contributed by atoms with Gasteiger partial charge in [0.1, 0.15) is 10.3 Å². The van der Waals surface area contributed by atoms with Gasteiger partial charge in [-0.2, -0.15) is 20.5 Å². The van der Waals surface area contributed by atoms with Gasteiger partial charge in [-0.1, -0.05) is 0 Å². The number of amides is 1. The first-order chi connectivity index (χ1) is 10.1. The monoisotopic (exact) mass is 354 g/mol. The highest BCUT2D eigenvalue weighted by atomic mass is 79.9. The third-order valence-corrected chi connectivity index (χ3v) is 4.13. The van der Waals surface area contributed by atoms with E-state index in [0.717, 1.165) is 5.69 Å². The number of aromatic nitrogens is 5. The molecule has 0 saturated carbocycles. The number of carbonyl (C=O) groups excluding carboxylic acids is 1. The molecule has 2 aromatic rings. The molecule has 2 aromatic heterocycles. The molecule has 0 spiro atoms. The molecule has 0 bridgehead atoms. The predicted molar refractivity (Wildman–Crippen MR) is 76.7 cm³/mol. The molecule has 3 heterocycles. The Labute approximate surface area is 129 Å². The minimum absolute atomic E-state index is 0.0226. The summed E-state index contributed by atoms with van der Waals surface area (Å²) in [6.07, 6.45) is 1.58. The smallest absolute Gasteiger partial charge is 0.272 e. The molecule has 0 unspecified atom stereocenters. The number of nitrogens with one attached hydrogen (secondary N) is 1. The van der Waals surface area contributed by atoms with E-state index in [4.69, 9.17) is 4.74 Å². The first-order valence-electron chi connectivity index (χ1n) is 6.47. The number of halogens is 1. The lowest BCUT2D eigenvalue weighted by molar-refractivity contribution is 0.0705. The number of ether oxygens (including phenoxy) is 1. The maximum Gasteiger partial charge on any atom is 0.272 e. The van der Waals surface area contributed by atoms with Crippen LogP contribution in [0.15, 0.2) is 16.9 Å². The summed E-state index contributed by atoms with van der Waals surface area (Å²) in [5.41, 5.74) is 1.35. The van der Waals surface area contributed by atoms with E-state index in [-0.39, 0.29) is 17.9 Å². The Kier molecular flexibility index (Phi) is 3.77. The zero-order valence-electron chi connectivity index (χ0n) is 11.7. The SMILES string of the molecule is CO[C@@H]1CN(C(=O)c2cc(Br)nn2C)C[C@H]1c1cn[nH]n1. The molecular weight excluding hydrogens is 340 g/mol. The lowest BCUT2D eigenvalue weighted by Gasteiger charge is -2.15. The van der Waals surface area contributed by atoms with E-state index in [0.29, 0.717) is 23.4 Å². The molecule has 3 rings (SSSR count). The molecule has 112 valence electrons. The number of aryl methyl sites for hydroxylation is 1. The fourth-order valence-electron chi connectivity index (χ4n) is 2.65. The minimum atomic E-state index is -0.0873. The van der Waals surface area contributed by atoms with Gasteiger partial charge >= 0.3 is 0 Å². The van der Waals surface area contributed by atoms with Crippen molar-refractivity contribution >= 4 is 21.8 Å². The third-order valence-electron chi connectivity index (χ3n) is 3.74. The maximum atomic E-state index is 12.6. The fourth-order valence-corrected chi connectivity index (χ4v) is 3.10. The number of rotatable bonds is 3. The topological polar surface area (TPSA) is 88.9 Å². The second-order valence-electron chi connectivity index (χ2n) is 4.96. The molecule has 9 heteroatoms. The van der Waals surface area contributed by atoms with Crippen LogP contribution in [0.2, 0.25) is 0 Å². The molecule has 1 saturated heterocycles. The number of H-pyrrole nitrogens is 1. The van der Waals surface area contributed by atoms with E-state index in [1.54, 1.807) is 36.0 Å². The van der Waals surface area contributed by atoms with Crippen LogP contribution in [-0.4, -0.2) is 62.3 Å². The number of aromatic amines is 1. The van der Waals surface area contributed by atoms with Crippen LogP contribution in [0, 0.1) is 0 Å². The van der Waals surface area contributed by atoms with Crippen LogP contribution in [0.1, 0.15) is 22.1 Å². The van der Waals surface area contributed by atoms with Gasteiger partial charge in [-0.25, -0.2) is 0 Å². The predicted octanol–water partition coefficient (Wildman–Crippen LogP) is 0.555. The fraction of sp³-hybridized carbons (Fsp3) is 0.500. The van der Waals surface area contributed by atoms with Crippen molar-refractivity contribution in [1.82, 2.24) is 30.1 Å². The Balaban J connectivity index is 1.81. The summed E-state index contributed by atoms with van der Waals surface area (Å²) in [6, 6.07) is 1.72. The molecule has 1 fully saturated rings. The van der Waals surface area contributed by atoms with Gasteiger partial charge in [0.25, 0.3) is 5.91 Å². The quantitative estimate of drug-likeness (QED) is 0.869. The van der Waals surface area contributed by atoms with E-state index >= 15 is 0 Å². The van der Waals surface area contributed by atoms with Crippen molar-refractivity contribution in [3.8, 4) is 0 Å². The third kappa shape index (κ3) is 2.58. The Morgan fingerprint density at radius 2 is 2.33 bits per heavy atom. The van der Waals surface area contributed by atoms with Gasteiger partial charge in [0, 0.05) is 33.3 Å². The van der Waals surface area contributed by atoms with Gasteiger partial charge in [-0.05, 0) is 15.9 Å². The first-order valence-corrected chi connectivity index (χ1v) is 7.26. The molecule has 1 aliphatic rings. The summed E-state index contributed by atoms with van der Waals surface area (Å²) in [7, 11) is 3.39. The molecular formula is C12H15BrN6O2. The standard InChI is InChI=1S/C12H15BrN6O2/c1-18-9(3-11(13)16-18)12(20)19-5-7(10(6-19)21-2)8-4-14-17-15-8/h3-4,7,10H,5-6H2,1-2H3,(H,14,15,17)/t7-,10+/m0/s1. The second kappa shape index (κ2) is 5.57. The van der Waals surface area contributed by atoms with Crippen molar-refractivity contribution in [2.75, 3.05) is 20.2 Å². The maximum absolute atomic E-state index is 12.6. The summed E-state index contributed by atoms with van der Waals surface area (Å²) < 4.78 is 7.70. The largest absolute Gasteiger partial charge is 0.379 e. The molecule has 1 amide bonds. The lowest BCUT2D eigenvalue weighted by atomic mass is 10.0. The Morgan fingerprint density at radius 1 is 1.52 bits per heavy atom. The van der Waals surface area contributed by atoms with E-state index in [1.165, 1.54) is 0 Å². The second-order valence-corrected chi connectivity index (χ2v) is 5.77. The van der Waals surface area contributed by atoms with Crippen molar-refractivity contribution in [2.45, 2.75) is 12.0 Å². The van der Waals surface area contributed by atoms with E-state index < -0.39 is 0 Å². The van der Waals surface area contributed by atoms with Crippen molar-refractivity contribution in [3.63, 3.8) is 0 Å². The number of hydrogen-bond acceptors (Lipinski definition) is 5. The normalized spacial score (nSPS) is 22.0. The average Bonchev–Trinajstić information content (AvgIpc) is 3.16. The van der Waals surface area contributed by atoms with Gasteiger partial charge in [0.15, 0.2) is 0 Å². The number of hydrogen-bond donors (Lipinski definition) is 1. The summed E-state index contributed by atoms with van der Waals surface area (Å²) in [6.45, 7) is 1.07. The minimum Gasteiger partial charge on any atom is -0.379 e. The number of carbonyl (C=O) groups is 1. The Morgan fingerprint density at radius 3 is 2.90 bits per heavy atom. The molecule has 1 N–H and O–H groups in total.